The minimum Gasteiger partial charge on any atom is -0.443 e. The highest BCUT2D eigenvalue weighted by Gasteiger charge is 2.19. The summed E-state index contributed by atoms with van der Waals surface area (Å²) < 4.78 is 19.4. The van der Waals surface area contributed by atoms with Gasteiger partial charge in [0.2, 0.25) is 0 Å². The molecule has 0 aliphatic heterocycles. The van der Waals surface area contributed by atoms with E-state index in [-0.39, 0.29) is 0 Å². The normalized spacial score (nSPS) is 12.8. The predicted octanol–water partition coefficient (Wildman–Crippen LogP) is 2.14. The first-order valence-electron chi connectivity index (χ1n) is 8.27. The maximum absolute atomic E-state index is 11.4. The van der Waals surface area contributed by atoms with Crippen molar-refractivity contribution in [2.24, 2.45) is 0 Å². The van der Waals surface area contributed by atoms with Gasteiger partial charge in [0.15, 0.2) is 12.5 Å². The van der Waals surface area contributed by atoms with Gasteiger partial charge in [0, 0.05) is 12.2 Å². The summed E-state index contributed by atoms with van der Waals surface area (Å²) >= 11 is 0. The molecule has 10 heteroatoms. The summed E-state index contributed by atoms with van der Waals surface area (Å²) in [5, 5.41) is 3.07. The Hall–Kier alpha value is -1.51. The Morgan fingerprint density at radius 3 is 1.50 bits per heavy atom. The van der Waals surface area contributed by atoms with E-state index in [0.29, 0.717) is 12.8 Å². The maximum atomic E-state index is 11.4. The van der Waals surface area contributed by atoms with E-state index in [0.717, 1.165) is 37.8 Å². The van der Waals surface area contributed by atoms with Gasteiger partial charge < -0.3 is 24.2 Å². The molecule has 4 N–H and O–H groups in total. The van der Waals surface area contributed by atoms with E-state index in [4.69, 9.17) is 28.7 Å². The third-order valence-electron chi connectivity index (χ3n) is 2.86. The molecule has 9 nitrogen and oxygen atoms in total. The summed E-state index contributed by atoms with van der Waals surface area (Å²) in [5.41, 5.74) is 0. The molecule has 0 saturated heterocycles. The number of unbranched alkanes of at least 4 members (excludes halogenated alkanes) is 2. The van der Waals surface area contributed by atoms with E-state index in [9.17, 15) is 9.59 Å². The SMILES string of the molecule is C=CC(=O)OC(CCCC)NC(CCCC)OC(=O)C=C.O=P(O)(O)O. The first kappa shape index (κ1) is 26.7. The lowest BCUT2D eigenvalue weighted by Gasteiger charge is -2.25. The molecule has 0 radical (unpaired) electrons. The van der Waals surface area contributed by atoms with E-state index in [1.54, 1.807) is 0 Å². The van der Waals surface area contributed by atoms with Crippen molar-refractivity contribution in [3.63, 3.8) is 0 Å². The first-order valence-corrected chi connectivity index (χ1v) is 9.84. The molecule has 0 aromatic rings. The number of phosphoric acid groups is 1. The molecule has 0 fully saturated rings. The van der Waals surface area contributed by atoms with Crippen molar-refractivity contribution in [2.45, 2.75) is 64.8 Å². The van der Waals surface area contributed by atoms with Gasteiger partial charge in [-0.25, -0.2) is 19.5 Å². The Balaban J connectivity index is 0. The number of ether oxygens (including phenoxy) is 2. The number of carbonyl (C=O) groups excluding carboxylic acids is 2. The Labute approximate surface area is 154 Å². The molecule has 0 rings (SSSR count). The number of rotatable bonds is 12. The van der Waals surface area contributed by atoms with Gasteiger partial charge in [-0.2, -0.15) is 0 Å². The van der Waals surface area contributed by atoms with Gasteiger partial charge in [0.25, 0.3) is 0 Å². The average molecular weight is 395 g/mol. The standard InChI is InChI=1S/C16H27NO4.H3O4P/c1-5-9-11-13(20-15(18)7-3)17-14(12-10-6-2)21-16(19)8-4;1-5(2,3)4/h7-8,13-14,17H,3-6,9-12H2,1-2H3;(H3,1,2,3,4). The Bertz CT molecular complexity index is 437. The molecular weight excluding hydrogens is 365 g/mol. The van der Waals surface area contributed by atoms with E-state index in [1.807, 2.05) is 0 Å². The molecular formula is C16H30NO8P. The van der Waals surface area contributed by atoms with Crippen LogP contribution in [0.15, 0.2) is 25.3 Å². The van der Waals surface area contributed by atoms with Gasteiger partial charge in [-0.1, -0.05) is 39.8 Å². The van der Waals surface area contributed by atoms with E-state index in [2.05, 4.69) is 32.3 Å². The zero-order chi connectivity index (χ0) is 20.6. The molecule has 0 heterocycles. The van der Waals surface area contributed by atoms with Gasteiger partial charge in [-0.05, 0) is 25.7 Å². The van der Waals surface area contributed by atoms with Gasteiger partial charge in [-0.15, -0.1) is 0 Å². The van der Waals surface area contributed by atoms with Crippen LogP contribution >= 0.6 is 7.82 Å². The van der Waals surface area contributed by atoms with E-state index < -0.39 is 32.2 Å². The van der Waals surface area contributed by atoms with Gasteiger partial charge >= 0.3 is 19.8 Å². The summed E-state index contributed by atoms with van der Waals surface area (Å²) in [5.74, 6) is -0.985. The highest BCUT2D eigenvalue weighted by atomic mass is 31.2. The first-order chi connectivity index (χ1) is 12.1. The summed E-state index contributed by atoms with van der Waals surface area (Å²) in [4.78, 5) is 44.3. The fourth-order valence-corrected chi connectivity index (χ4v) is 1.72. The molecule has 0 bridgehead atoms. The van der Waals surface area contributed by atoms with Crippen LogP contribution in [0.4, 0.5) is 0 Å². The number of esters is 2. The van der Waals surface area contributed by atoms with Crippen LogP contribution in [0.5, 0.6) is 0 Å². The Morgan fingerprint density at radius 2 is 1.27 bits per heavy atom. The molecule has 26 heavy (non-hydrogen) atoms. The van der Waals surface area contributed by atoms with Gasteiger partial charge in [0.05, 0.1) is 0 Å². The van der Waals surface area contributed by atoms with Gasteiger partial charge in [-0.3, -0.25) is 0 Å². The molecule has 0 saturated carbocycles. The number of carbonyl (C=O) groups is 2. The molecule has 0 aliphatic rings. The zero-order valence-electron chi connectivity index (χ0n) is 15.3. The van der Waals surface area contributed by atoms with Crippen molar-refractivity contribution in [2.75, 3.05) is 0 Å². The number of nitrogens with one attached hydrogen (secondary N) is 1. The fourth-order valence-electron chi connectivity index (χ4n) is 1.72. The van der Waals surface area contributed by atoms with Crippen molar-refractivity contribution >= 4 is 19.8 Å². The van der Waals surface area contributed by atoms with Crippen LogP contribution in [-0.2, 0) is 23.6 Å². The smallest absolute Gasteiger partial charge is 0.443 e. The second-order valence-corrected chi connectivity index (χ2v) is 6.25. The lowest BCUT2D eigenvalue weighted by molar-refractivity contribution is -0.153. The van der Waals surface area contributed by atoms with Crippen LogP contribution in [0.25, 0.3) is 0 Å². The Morgan fingerprint density at radius 1 is 0.962 bits per heavy atom. The zero-order valence-corrected chi connectivity index (χ0v) is 16.2. The van der Waals surface area contributed by atoms with Crippen LogP contribution in [0.1, 0.15) is 52.4 Å². The second kappa shape index (κ2) is 15.7. The topological polar surface area (TPSA) is 142 Å². The monoisotopic (exact) mass is 395 g/mol. The summed E-state index contributed by atoms with van der Waals surface area (Å²) in [6.07, 6.45) is 6.34. The van der Waals surface area contributed by atoms with Crippen molar-refractivity contribution in [3.05, 3.63) is 25.3 Å². The van der Waals surface area contributed by atoms with Crippen molar-refractivity contribution < 1.29 is 38.3 Å². The Kier molecular flexibility index (Phi) is 16.2. The van der Waals surface area contributed by atoms with E-state index in [1.165, 1.54) is 0 Å². The number of hydrogen-bond donors (Lipinski definition) is 4. The minimum atomic E-state index is -4.64. The number of hydrogen-bond acceptors (Lipinski definition) is 6. The lowest BCUT2D eigenvalue weighted by Crippen LogP contribution is -2.43. The van der Waals surface area contributed by atoms with Crippen LogP contribution in [0, 0.1) is 0 Å². The minimum absolute atomic E-state index is 0.491. The third-order valence-corrected chi connectivity index (χ3v) is 2.86. The largest absolute Gasteiger partial charge is 0.466 e. The van der Waals surface area contributed by atoms with Crippen molar-refractivity contribution in [1.82, 2.24) is 5.32 Å². The molecule has 0 aromatic heterocycles. The van der Waals surface area contributed by atoms with Crippen LogP contribution < -0.4 is 5.32 Å². The highest BCUT2D eigenvalue weighted by molar-refractivity contribution is 7.45. The highest BCUT2D eigenvalue weighted by Crippen LogP contribution is 2.25. The van der Waals surface area contributed by atoms with Crippen LogP contribution in [0.2, 0.25) is 0 Å². The fraction of sp³-hybridized carbons (Fsp3) is 0.625. The molecule has 2 unspecified atom stereocenters. The van der Waals surface area contributed by atoms with E-state index >= 15 is 0 Å². The van der Waals surface area contributed by atoms with Gasteiger partial charge in [0.1, 0.15) is 0 Å². The molecule has 0 aliphatic carbocycles. The summed E-state index contributed by atoms with van der Waals surface area (Å²) in [6, 6.07) is 0. The molecule has 0 aromatic carbocycles. The average Bonchev–Trinajstić information content (AvgIpc) is 2.55. The molecule has 0 amide bonds. The third kappa shape index (κ3) is 20.5. The summed E-state index contributed by atoms with van der Waals surface area (Å²) in [6.45, 7) is 10.9. The van der Waals surface area contributed by atoms with Crippen LogP contribution in [0.3, 0.4) is 0 Å². The maximum Gasteiger partial charge on any atom is 0.466 e. The quantitative estimate of drug-likeness (QED) is 0.169. The molecule has 0 spiro atoms. The van der Waals surface area contributed by atoms with Crippen molar-refractivity contribution in [1.29, 1.82) is 0 Å². The van der Waals surface area contributed by atoms with Crippen LogP contribution in [-0.4, -0.2) is 39.1 Å². The lowest BCUT2D eigenvalue weighted by atomic mass is 10.2. The molecule has 2 atom stereocenters. The second-order valence-electron chi connectivity index (χ2n) is 5.22. The predicted molar refractivity (Wildman–Crippen MR) is 96.6 cm³/mol. The van der Waals surface area contributed by atoms with Crippen molar-refractivity contribution in [3.8, 4) is 0 Å². The summed E-state index contributed by atoms with van der Waals surface area (Å²) in [7, 11) is -4.64. The molecule has 152 valence electrons.